The van der Waals surface area contributed by atoms with Crippen molar-refractivity contribution in [2.45, 2.75) is 19.3 Å². The van der Waals surface area contributed by atoms with E-state index in [0.717, 1.165) is 0 Å². The van der Waals surface area contributed by atoms with E-state index in [-0.39, 0.29) is 23.6 Å². The number of ether oxygens (including phenoxy) is 2. The van der Waals surface area contributed by atoms with Crippen molar-refractivity contribution < 1.29 is 31.8 Å². The van der Waals surface area contributed by atoms with Gasteiger partial charge in [-0.3, -0.25) is 0 Å². The summed E-state index contributed by atoms with van der Waals surface area (Å²) in [5, 5.41) is 0. The first kappa shape index (κ1) is 16.1. The van der Waals surface area contributed by atoms with Crippen LogP contribution in [0.1, 0.15) is 17.3 Å². The van der Waals surface area contributed by atoms with Crippen LogP contribution in [0.5, 0.6) is 5.75 Å². The smallest absolute Gasteiger partial charge is 0.340 e. The van der Waals surface area contributed by atoms with Crippen molar-refractivity contribution >= 4 is 11.7 Å². The van der Waals surface area contributed by atoms with Crippen LogP contribution >= 0.6 is 0 Å². The topological polar surface area (TPSA) is 61.5 Å². The number of carbonyl (C=O) groups is 1. The molecule has 0 aromatic heterocycles. The van der Waals surface area contributed by atoms with Crippen molar-refractivity contribution in [2.75, 3.05) is 18.9 Å². The molecule has 20 heavy (non-hydrogen) atoms. The normalized spacial score (nSPS) is 11.5. The van der Waals surface area contributed by atoms with Gasteiger partial charge in [-0.15, -0.1) is 0 Å². The summed E-state index contributed by atoms with van der Waals surface area (Å²) in [4.78, 5) is 11.5. The lowest BCUT2D eigenvalue weighted by Crippen LogP contribution is -2.33. The number of hydrogen-bond donors (Lipinski definition) is 1. The van der Waals surface area contributed by atoms with Crippen molar-refractivity contribution in [3.8, 4) is 5.75 Å². The number of nitrogen functional groups attached to an aromatic ring is 1. The van der Waals surface area contributed by atoms with Crippen molar-refractivity contribution in [3.05, 3.63) is 23.8 Å². The fourth-order valence-corrected chi connectivity index (χ4v) is 1.29. The standard InChI is InChI=1S/C12H13F4NO3/c1-2-19-10(18)7-4-3-5-8(9(7)17)20-6-12(15,16)11(13)14/h3-5,11H,2,6,17H2,1H3. The van der Waals surface area contributed by atoms with Gasteiger partial charge in [-0.2, -0.15) is 8.78 Å². The van der Waals surface area contributed by atoms with Gasteiger partial charge in [0.1, 0.15) is 5.75 Å². The second-order valence-corrected chi connectivity index (χ2v) is 3.79. The molecule has 0 spiro atoms. The highest BCUT2D eigenvalue weighted by Crippen LogP contribution is 2.29. The van der Waals surface area contributed by atoms with Gasteiger partial charge in [0.25, 0.3) is 0 Å². The maximum atomic E-state index is 12.7. The van der Waals surface area contributed by atoms with Crippen LogP contribution in [0.4, 0.5) is 23.2 Å². The number of anilines is 1. The molecule has 0 amide bonds. The van der Waals surface area contributed by atoms with E-state index in [1.807, 2.05) is 0 Å². The SMILES string of the molecule is CCOC(=O)c1cccc(OCC(F)(F)C(F)F)c1N. The van der Waals surface area contributed by atoms with Crippen molar-refractivity contribution in [1.29, 1.82) is 0 Å². The molecule has 0 aliphatic rings. The second-order valence-electron chi connectivity index (χ2n) is 3.79. The van der Waals surface area contributed by atoms with Gasteiger partial charge < -0.3 is 15.2 Å². The Morgan fingerprint density at radius 3 is 2.60 bits per heavy atom. The first-order valence-electron chi connectivity index (χ1n) is 5.64. The van der Waals surface area contributed by atoms with E-state index >= 15 is 0 Å². The molecule has 0 aliphatic carbocycles. The molecule has 0 saturated heterocycles. The summed E-state index contributed by atoms with van der Waals surface area (Å²) in [6.07, 6.45) is -3.85. The number of alkyl halides is 4. The van der Waals surface area contributed by atoms with Crippen molar-refractivity contribution in [3.63, 3.8) is 0 Å². The molecule has 2 N–H and O–H groups in total. The monoisotopic (exact) mass is 295 g/mol. The van der Waals surface area contributed by atoms with Crippen LogP contribution in [0.2, 0.25) is 0 Å². The maximum absolute atomic E-state index is 12.7. The van der Waals surface area contributed by atoms with Gasteiger partial charge in [0.15, 0.2) is 6.61 Å². The highest BCUT2D eigenvalue weighted by Gasteiger charge is 2.41. The Morgan fingerprint density at radius 2 is 2.05 bits per heavy atom. The number of para-hydroxylation sites is 1. The number of benzene rings is 1. The number of halogens is 4. The number of esters is 1. The largest absolute Gasteiger partial charge is 0.485 e. The Bertz CT molecular complexity index is 480. The second kappa shape index (κ2) is 6.44. The third-order valence-electron chi connectivity index (χ3n) is 2.30. The zero-order chi connectivity index (χ0) is 15.3. The summed E-state index contributed by atoms with van der Waals surface area (Å²) >= 11 is 0. The van der Waals surface area contributed by atoms with E-state index in [2.05, 4.69) is 4.74 Å². The molecule has 8 heteroatoms. The van der Waals surface area contributed by atoms with Gasteiger partial charge in [-0.25, -0.2) is 13.6 Å². The Labute approximate surface area is 112 Å². The fourth-order valence-electron chi connectivity index (χ4n) is 1.29. The molecule has 0 unspecified atom stereocenters. The summed E-state index contributed by atoms with van der Waals surface area (Å²) in [6, 6.07) is 3.82. The lowest BCUT2D eigenvalue weighted by molar-refractivity contribution is -0.148. The number of hydrogen-bond acceptors (Lipinski definition) is 4. The summed E-state index contributed by atoms with van der Waals surface area (Å²) in [5.74, 6) is -5.33. The lowest BCUT2D eigenvalue weighted by atomic mass is 10.1. The van der Waals surface area contributed by atoms with Crippen LogP contribution < -0.4 is 10.5 Å². The summed E-state index contributed by atoms with van der Waals surface area (Å²) in [7, 11) is 0. The minimum Gasteiger partial charge on any atom is -0.485 e. The van der Waals surface area contributed by atoms with Crippen LogP contribution in [0.15, 0.2) is 18.2 Å². The lowest BCUT2D eigenvalue weighted by Gasteiger charge is -2.17. The zero-order valence-corrected chi connectivity index (χ0v) is 10.5. The first-order chi connectivity index (χ1) is 9.29. The average molecular weight is 295 g/mol. The maximum Gasteiger partial charge on any atom is 0.340 e. The third kappa shape index (κ3) is 3.75. The molecule has 0 bridgehead atoms. The number of carbonyl (C=O) groups excluding carboxylic acids is 1. The molecule has 0 radical (unpaired) electrons. The number of rotatable bonds is 6. The zero-order valence-electron chi connectivity index (χ0n) is 10.5. The Hall–Kier alpha value is -1.99. The highest BCUT2D eigenvalue weighted by molar-refractivity contribution is 5.96. The van der Waals surface area contributed by atoms with E-state index in [1.54, 1.807) is 6.92 Å². The van der Waals surface area contributed by atoms with Crippen LogP contribution in [0.25, 0.3) is 0 Å². The van der Waals surface area contributed by atoms with Crippen LogP contribution in [0, 0.1) is 0 Å². The predicted molar refractivity (Wildman–Crippen MR) is 63.3 cm³/mol. The first-order valence-corrected chi connectivity index (χ1v) is 5.64. The van der Waals surface area contributed by atoms with Gasteiger partial charge in [0, 0.05) is 0 Å². The van der Waals surface area contributed by atoms with Crippen molar-refractivity contribution in [2.24, 2.45) is 0 Å². The van der Waals surface area contributed by atoms with Crippen LogP contribution in [0.3, 0.4) is 0 Å². The molecule has 0 heterocycles. The van der Waals surface area contributed by atoms with E-state index in [9.17, 15) is 22.4 Å². The van der Waals surface area contributed by atoms with Gasteiger partial charge in [-0.1, -0.05) is 6.07 Å². The Kier molecular flexibility index (Phi) is 5.18. The molecule has 0 atom stereocenters. The Balaban J connectivity index is 2.87. The summed E-state index contributed by atoms with van der Waals surface area (Å²) < 4.78 is 58.7. The molecule has 0 aliphatic heterocycles. The molecule has 112 valence electrons. The van der Waals surface area contributed by atoms with E-state index < -0.39 is 24.9 Å². The average Bonchev–Trinajstić information content (AvgIpc) is 2.37. The van der Waals surface area contributed by atoms with E-state index in [1.165, 1.54) is 18.2 Å². The fraction of sp³-hybridized carbons (Fsp3) is 0.417. The van der Waals surface area contributed by atoms with E-state index in [0.29, 0.717) is 0 Å². The van der Waals surface area contributed by atoms with Gasteiger partial charge >= 0.3 is 18.3 Å². The molecular formula is C12H13F4NO3. The molecule has 1 aromatic rings. The van der Waals surface area contributed by atoms with Gasteiger partial charge in [0.05, 0.1) is 17.9 Å². The van der Waals surface area contributed by atoms with E-state index in [4.69, 9.17) is 10.5 Å². The summed E-state index contributed by atoms with van der Waals surface area (Å²) in [5.41, 5.74) is 5.24. The van der Waals surface area contributed by atoms with Gasteiger partial charge in [-0.05, 0) is 19.1 Å². The molecular weight excluding hydrogens is 282 g/mol. The molecule has 0 fully saturated rings. The molecule has 0 saturated carbocycles. The summed E-state index contributed by atoms with van der Waals surface area (Å²) in [6.45, 7) is 0.144. The molecule has 1 aromatic carbocycles. The van der Waals surface area contributed by atoms with Crippen LogP contribution in [-0.2, 0) is 4.74 Å². The predicted octanol–water partition coefficient (Wildman–Crippen LogP) is 2.72. The van der Waals surface area contributed by atoms with Crippen LogP contribution in [-0.4, -0.2) is 31.5 Å². The Morgan fingerprint density at radius 1 is 1.40 bits per heavy atom. The minimum absolute atomic E-state index is 0.0790. The van der Waals surface area contributed by atoms with Crippen molar-refractivity contribution in [1.82, 2.24) is 0 Å². The minimum atomic E-state index is -4.30. The number of nitrogens with two attached hydrogens (primary N) is 1. The van der Waals surface area contributed by atoms with Gasteiger partial charge in [0.2, 0.25) is 0 Å². The quantitative estimate of drug-likeness (QED) is 0.498. The molecule has 1 rings (SSSR count). The molecule has 4 nitrogen and oxygen atoms in total. The third-order valence-corrected chi connectivity index (χ3v) is 2.30. The highest BCUT2D eigenvalue weighted by atomic mass is 19.3.